The van der Waals surface area contributed by atoms with Gasteiger partial charge in [0.2, 0.25) is 0 Å². The molecule has 0 saturated carbocycles. The molecule has 0 radical (unpaired) electrons. The van der Waals surface area contributed by atoms with Crippen molar-refractivity contribution in [1.82, 2.24) is 10.3 Å². The van der Waals surface area contributed by atoms with Crippen molar-refractivity contribution >= 4 is 23.3 Å². The summed E-state index contributed by atoms with van der Waals surface area (Å²) in [4.78, 5) is 29.5. The summed E-state index contributed by atoms with van der Waals surface area (Å²) in [6, 6.07) is 0. The van der Waals surface area contributed by atoms with Gasteiger partial charge < -0.3 is 14.8 Å². The van der Waals surface area contributed by atoms with Gasteiger partial charge in [0, 0.05) is 22.5 Å². The fraction of sp³-hybridized carbons (Fsp3) is 0.471. The number of nitrogens with one attached hydrogen (secondary N) is 1. The molecule has 1 aliphatic heterocycles. The van der Waals surface area contributed by atoms with Crippen LogP contribution in [0.1, 0.15) is 44.3 Å². The van der Waals surface area contributed by atoms with Crippen LogP contribution in [0.3, 0.4) is 0 Å². The predicted molar refractivity (Wildman–Crippen MR) is 91.4 cm³/mol. The molecule has 7 heteroatoms. The number of hydrogen-bond acceptors (Lipinski definition) is 7. The van der Waals surface area contributed by atoms with Crippen LogP contribution in [0.5, 0.6) is 0 Å². The molecule has 2 rings (SSSR count). The first kappa shape index (κ1) is 18.2. The number of aryl methyl sites for hydroxylation is 1. The minimum absolute atomic E-state index is 0.261. The van der Waals surface area contributed by atoms with Gasteiger partial charge in [-0.1, -0.05) is 0 Å². The molecule has 1 aliphatic rings. The first-order chi connectivity index (χ1) is 11.4. The maximum absolute atomic E-state index is 12.5. The second-order valence-corrected chi connectivity index (χ2v) is 6.29. The highest BCUT2D eigenvalue weighted by Gasteiger charge is 2.39. The molecule has 0 aliphatic carbocycles. The molecule has 0 saturated heterocycles. The topological polar surface area (TPSA) is 77.5 Å². The SMILES string of the molecule is CCOC(=O)C1=C(C)NC(C)=C(C(=O)OCC)C1c1nc(C)cs1. The summed E-state index contributed by atoms with van der Waals surface area (Å²) in [7, 11) is 0. The lowest BCUT2D eigenvalue weighted by molar-refractivity contribution is -0.139. The molecular weight excluding hydrogens is 328 g/mol. The van der Waals surface area contributed by atoms with E-state index in [1.165, 1.54) is 11.3 Å². The van der Waals surface area contributed by atoms with E-state index < -0.39 is 17.9 Å². The lowest BCUT2D eigenvalue weighted by atomic mass is 9.86. The van der Waals surface area contributed by atoms with E-state index in [0.29, 0.717) is 27.5 Å². The number of carbonyl (C=O) groups excluding carboxylic acids is 2. The zero-order valence-electron chi connectivity index (χ0n) is 14.6. The molecule has 1 aromatic heterocycles. The van der Waals surface area contributed by atoms with E-state index in [1.54, 1.807) is 27.7 Å². The van der Waals surface area contributed by atoms with Crippen molar-refractivity contribution in [2.75, 3.05) is 13.2 Å². The fourth-order valence-corrected chi connectivity index (χ4v) is 3.62. The van der Waals surface area contributed by atoms with Crippen LogP contribution in [-0.4, -0.2) is 30.1 Å². The van der Waals surface area contributed by atoms with Crippen molar-refractivity contribution in [2.45, 2.75) is 40.5 Å². The zero-order chi connectivity index (χ0) is 17.9. The number of dihydropyridines is 1. The highest BCUT2D eigenvalue weighted by atomic mass is 32.1. The second kappa shape index (κ2) is 7.61. The lowest BCUT2D eigenvalue weighted by Gasteiger charge is -2.28. The minimum atomic E-state index is -0.581. The monoisotopic (exact) mass is 350 g/mol. The molecule has 0 atom stereocenters. The molecule has 0 unspecified atom stereocenters. The number of thiazole rings is 1. The Balaban J connectivity index is 2.59. The van der Waals surface area contributed by atoms with Gasteiger partial charge in [0.1, 0.15) is 5.01 Å². The number of rotatable bonds is 5. The molecule has 1 aromatic rings. The summed E-state index contributed by atoms with van der Waals surface area (Å²) in [6.45, 7) is 9.49. The summed E-state index contributed by atoms with van der Waals surface area (Å²) in [5.74, 6) is -1.48. The maximum Gasteiger partial charge on any atom is 0.336 e. The molecule has 0 spiro atoms. The van der Waals surface area contributed by atoms with Crippen LogP contribution in [0.25, 0.3) is 0 Å². The predicted octanol–water partition coefficient (Wildman–Crippen LogP) is 2.81. The van der Waals surface area contributed by atoms with E-state index >= 15 is 0 Å². The van der Waals surface area contributed by atoms with Crippen molar-refractivity contribution < 1.29 is 19.1 Å². The first-order valence-electron chi connectivity index (χ1n) is 7.85. The van der Waals surface area contributed by atoms with Crippen molar-refractivity contribution in [3.8, 4) is 0 Å². The second-order valence-electron chi connectivity index (χ2n) is 5.40. The molecule has 130 valence electrons. The normalized spacial score (nSPS) is 15.4. The Kier molecular flexibility index (Phi) is 5.77. The van der Waals surface area contributed by atoms with Crippen LogP contribution >= 0.6 is 11.3 Å². The third-order valence-electron chi connectivity index (χ3n) is 3.63. The number of nitrogens with zero attached hydrogens (tertiary/aromatic N) is 1. The van der Waals surface area contributed by atoms with E-state index in [4.69, 9.17) is 9.47 Å². The van der Waals surface area contributed by atoms with Gasteiger partial charge in [0.15, 0.2) is 0 Å². The summed E-state index contributed by atoms with van der Waals surface area (Å²) >= 11 is 1.42. The van der Waals surface area contributed by atoms with Gasteiger partial charge in [-0.2, -0.15) is 0 Å². The van der Waals surface area contributed by atoms with Gasteiger partial charge in [0.05, 0.1) is 30.3 Å². The average molecular weight is 350 g/mol. The van der Waals surface area contributed by atoms with Crippen LogP contribution in [0.15, 0.2) is 27.9 Å². The Morgan fingerprint density at radius 1 is 1.08 bits per heavy atom. The fourth-order valence-electron chi connectivity index (χ4n) is 2.70. The summed E-state index contributed by atoms with van der Waals surface area (Å²) in [5.41, 5.74) is 2.98. The Morgan fingerprint density at radius 2 is 1.58 bits per heavy atom. The lowest BCUT2D eigenvalue weighted by Crippen LogP contribution is -2.32. The smallest absolute Gasteiger partial charge is 0.336 e. The number of ether oxygens (including phenoxy) is 2. The molecule has 0 amide bonds. The van der Waals surface area contributed by atoms with Crippen molar-refractivity contribution in [3.05, 3.63) is 38.6 Å². The summed E-state index contributed by atoms with van der Waals surface area (Å²) < 4.78 is 10.4. The van der Waals surface area contributed by atoms with E-state index in [-0.39, 0.29) is 13.2 Å². The molecule has 6 nitrogen and oxygen atoms in total. The standard InChI is InChI=1S/C17H22N2O4S/c1-6-22-16(20)12-10(4)19-11(5)13(17(21)23-7-2)14(12)15-18-9(3)8-24-15/h8,14,19H,6-7H2,1-5H3. The third-order valence-corrected chi connectivity index (χ3v) is 4.66. The van der Waals surface area contributed by atoms with E-state index in [2.05, 4.69) is 10.3 Å². The van der Waals surface area contributed by atoms with Crippen LogP contribution in [0.4, 0.5) is 0 Å². The number of esters is 2. The van der Waals surface area contributed by atoms with Crippen LogP contribution < -0.4 is 5.32 Å². The molecule has 2 heterocycles. The van der Waals surface area contributed by atoms with Crippen molar-refractivity contribution in [1.29, 1.82) is 0 Å². The summed E-state index contributed by atoms with van der Waals surface area (Å²) in [6.07, 6.45) is 0. The molecule has 0 fully saturated rings. The van der Waals surface area contributed by atoms with Gasteiger partial charge in [-0.15, -0.1) is 11.3 Å². The largest absolute Gasteiger partial charge is 0.463 e. The maximum atomic E-state index is 12.5. The van der Waals surface area contributed by atoms with Gasteiger partial charge in [0.25, 0.3) is 0 Å². The quantitative estimate of drug-likeness (QED) is 0.823. The number of carbonyl (C=O) groups is 2. The summed E-state index contributed by atoms with van der Waals surface area (Å²) in [5, 5.41) is 5.67. The highest BCUT2D eigenvalue weighted by Crippen LogP contribution is 2.40. The van der Waals surface area contributed by atoms with Gasteiger partial charge in [-0.25, -0.2) is 14.6 Å². The molecular formula is C17H22N2O4S. The number of hydrogen-bond donors (Lipinski definition) is 1. The van der Waals surface area contributed by atoms with Gasteiger partial charge in [-0.3, -0.25) is 0 Å². The highest BCUT2D eigenvalue weighted by molar-refractivity contribution is 7.09. The number of aromatic nitrogens is 1. The molecule has 1 N–H and O–H groups in total. The Labute approximate surface area is 145 Å². The third kappa shape index (κ3) is 3.51. The zero-order valence-corrected chi connectivity index (χ0v) is 15.4. The molecule has 24 heavy (non-hydrogen) atoms. The van der Waals surface area contributed by atoms with Crippen molar-refractivity contribution in [2.24, 2.45) is 0 Å². The van der Waals surface area contributed by atoms with E-state index in [1.807, 2.05) is 12.3 Å². The van der Waals surface area contributed by atoms with Gasteiger partial charge in [-0.05, 0) is 34.6 Å². The van der Waals surface area contributed by atoms with Crippen LogP contribution in [0, 0.1) is 6.92 Å². The Hall–Kier alpha value is -2.15. The van der Waals surface area contributed by atoms with Crippen LogP contribution in [0.2, 0.25) is 0 Å². The van der Waals surface area contributed by atoms with E-state index in [9.17, 15) is 9.59 Å². The van der Waals surface area contributed by atoms with Crippen molar-refractivity contribution in [3.63, 3.8) is 0 Å². The minimum Gasteiger partial charge on any atom is -0.463 e. The van der Waals surface area contributed by atoms with Crippen LogP contribution in [-0.2, 0) is 19.1 Å². The molecule has 0 bridgehead atoms. The Bertz CT molecular complexity index is 678. The Morgan fingerprint density at radius 3 is 1.96 bits per heavy atom. The first-order valence-corrected chi connectivity index (χ1v) is 8.73. The molecule has 0 aromatic carbocycles. The number of allylic oxidation sites excluding steroid dienone is 2. The van der Waals surface area contributed by atoms with E-state index in [0.717, 1.165) is 5.69 Å². The van der Waals surface area contributed by atoms with Gasteiger partial charge >= 0.3 is 11.9 Å². The average Bonchev–Trinajstić information content (AvgIpc) is 2.93.